The van der Waals surface area contributed by atoms with E-state index >= 15 is 0 Å². The van der Waals surface area contributed by atoms with Gasteiger partial charge in [-0.05, 0) is 41.8 Å². The largest absolute Gasteiger partial charge is 0.392 e. The molecule has 0 heterocycles. The fourth-order valence-corrected chi connectivity index (χ4v) is 2.24. The predicted molar refractivity (Wildman–Crippen MR) is 73.9 cm³/mol. The summed E-state index contributed by atoms with van der Waals surface area (Å²) in [6.07, 6.45) is -0.0899. The zero-order valence-electron chi connectivity index (χ0n) is 10.1. The van der Waals surface area contributed by atoms with Crippen molar-refractivity contribution in [3.8, 4) is 0 Å². The Morgan fingerprint density at radius 3 is 2.32 bits per heavy atom. The van der Waals surface area contributed by atoms with E-state index in [4.69, 9.17) is 0 Å². The molecule has 100 valence electrons. The van der Waals surface area contributed by atoms with Gasteiger partial charge in [-0.3, -0.25) is 0 Å². The highest BCUT2D eigenvalue weighted by Crippen LogP contribution is 2.17. The van der Waals surface area contributed by atoms with Crippen LogP contribution in [0.5, 0.6) is 0 Å². The maximum Gasteiger partial charge on any atom is 0.127 e. The van der Waals surface area contributed by atoms with E-state index in [9.17, 15) is 13.9 Å². The smallest absolute Gasteiger partial charge is 0.127 e. The number of hydrogen-bond donors (Lipinski definition) is 1. The predicted octanol–water partition coefficient (Wildman–Crippen LogP) is 3.87. The van der Waals surface area contributed by atoms with Gasteiger partial charge in [-0.15, -0.1) is 0 Å². The van der Waals surface area contributed by atoms with Crippen LogP contribution >= 0.6 is 15.9 Å². The van der Waals surface area contributed by atoms with E-state index in [2.05, 4.69) is 15.9 Å². The van der Waals surface area contributed by atoms with Gasteiger partial charge in [-0.1, -0.05) is 34.1 Å². The first-order valence-electron chi connectivity index (χ1n) is 5.91. The minimum absolute atomic E-state index is 0.233. The Bertz CT molecular complexity index is 555. The van der Waals surface area contributed by atoms with Gasteiger partial charge in [0.05, 0.1) is 6.10 Å². The van der Waals surface area contributed by atoms with E-state index in [0.29, 0.717) is 16.5 Å². The molecule has 1 unspecified atom stereocenters. The number of rotatable bonds is 4. The van der Waals surface area contributed by atoms with E-state index in [-0.39, 0.29) is 18.1 Å². The molecule has 0 saturated carbocycles. The maximum atomic E-state index is 13.6. The molecule has 0 bridgehead atoms. The molecule has 2 aromatic carbocycles. The summed E-state index contributed by atoms with van der Waals surface area (Å²) in [6.45, 7) is 0. The molecule has 4 heteroatoms. The zero-order valence-corrected chi connectivity index (χ0v) is 11.7. The van der Waals surface area contributed by atoms with E-state index in [1.807, 2.05) is 0 Å². The summed E-state index contributed by atoms with van der Waals surface area (Å²) in [6, 6.07) is 10.7. The Morgan fingerprint density at radius 1 is 1.00 bits per heavy atom. The lowest BCUT2D eigenvalue weighted by Crippen LogP contribution is -2.14. The molecule has 2 aromatic rings. The second-order valence-electron chi connectivity index (χ2n) is 4.42. The Labute approximate surface area is 119 Å². The van der Waals surface area contributed by atoms with Crippen molar-refractivity contribution in [3.05, 3.63) is 69.7 Å². The van der Waals surface area contributed by atoms with Crippen LogP contribution in [0.25, 0.3) is 0 Å². The number of hydrogen-bond acceptors (Lipinski definition) is 1. The third-order valence-electron chi connectivity index (χ3n) is 2.86. The standard InChI is InChI=1S/C15H13BrF2O/c16-12-4-3-11(15(18)9-12)8-14(19)7-10-1-5-13(17)6-2-10/h1-6,9,14,19H,7-8H2. The summed E-state index contributed by atoms with van der Waals surface area (Å²) in [5, 5.41) is 9.95. The second kappa shape index (κ2) is 6.26. The van der Waals surface area contributed by atoms with Crippen molar-refractivity contribution in [2.75, 3.05) is 0 Å². The molecule has 2 rings (SSSR count). The maximum absolute atomic E-state index is 13.6. The fraction of sp³-hybridized carbons (Fsp3) is 0.200. The molecule has 0 aromatic heterocycles. The SMILES string of the molecule is OC(Cc1ccc(F)cc1)Cc1ccc(Br)cc1F. The van der Waals surface area contributed by atoms with Gasteiger partial charge in [0.1, 0.15) is 11.6 Å². The van der Waals surface area contributed by atoms with Crippen LogP contribution in [0.1, 0.15) is 11.1 Å². The highest BCUT2D eigenvalue weighted by atomic mass is 79.9. The molecule has 0 radical (unpaired) electrons. The molecular weight excluding hydrogens is 314 g/mol. The lowest BCUT2D eigenvalue weighted by Gasteiger charge is -2.11. The van der Waals surface area contributed by atoms with Gasteiger partial charge >= 0.3 is 0 Å². The summed E-state index contributed by atoms with van der Waals surface area (Å²) in [5.74, 6) is -0.648. The Balaban J connectivity index is 2.01. The molecule has 1 N–H and O–H groups in total. The van der Waals surface area contributed by atoms with Crippen LogP contribution in [0.2, 0.25) is 0 Å². The van der Waals surface area contributed by atoms with Gasteiger partial charge in [-0.2, -0.15) is 0 Å². The third-order valence-corrected chi connectivity index (χ3v) is 3.35. The summed E-state index contributed by atoms with van der Waals surface area (Å²) in [4.78, 5) is 0. The van der Waals surface area contributed by atoms with Gasteiger partial charge in [0.25, 0.3) is 0 Å². The average molecular weight is 327 g/mol. The van der Waals surface area contributed by atoms with Gasteiger partial charge in [0, 0.05) is 10.9 Å². The first-order chi connectivity index (χ1) is 9.04. The lowest BCUT2D eigenvalue weighted by molar-refractivity contribution is 0.174. The fourth-order valence-electron chi connectivity index (χ4n) is 1.91. The van der Waals surface area contributed by atoms with Crippen molar-refractivity contribution < 1.29 is 13.9 Å². The van der Waals surface area contributed by atoms with Gasteiger partial charge in [0.15, 0.2) is 0 Å². The van der Waals surface area contributed by atoms with Crippen molar-refractivity contribution >= 4 is 15.9 Å². The average Bonchev–Trinajstić information content (AvgIpc) is 2.36. The summed E-state index contributed by atoms with van der Waals surface area (Å²) in [5.41, 5.74) is 1.30. The van der Waals surface area contributed by atoms with E-state index < -0.39 is 6.10 Å². The molecule has 1 nitrogen and oxygen atoms in total. The first-order valence-corrected chi connectivity index (χ1v) is 6.70. The number of aliphatic hydroxyl groups excluding tert-OH is 1. The molecule has 0 aliphatic carbocycles. The molecular formula is C15H13BrF2O. The molecule has 0 aliphatic heterocycles. The summed E-state index contributed by atoms with van der Waals surface area (Å²) in [7, 11) is 0. The minimum Gasteiger partial charge on any atom is -0.392 e. The highest BCUT2D eigenvalue weighted by molar-refractivity contribution is 9.10. The highest BCUT2D eigenvalue weighted by Gasteiger charge is 2.10. The number of aliphatic hydroxyl groups is 1. The van der Waals surface area contributed by atoms with Crippen LogP contribution in [0.4, 0.5) is 8.78 Å². The Hall–Kier alpha value is -1.26. The molecule has 0 saturated heterocycles. The Kier molecular flexibility index (Phi) is 4.66. The van der Waals surface area contributed by atoms with Crippen molar-refractivity contribution in [2.45, 2.75) is 18.9 Å². The third kappa shape index (κ3) is 4.11. The molecule has 0 fully saturated rings. The second-order valence-corrected chi connectivity index (χ2v) is 5.34. The summed E-state index contributed by atoms with van der Waals surface area (Å²) >= 11 is 3.19. The first kappa shape index (κ1) is 14.2. The van der Waals surface area contributed by atoms with Gasteiger partial charge in [0.2, 0.25) is 0 Å². The molecule has 0 spiro atoms. The van der Waals surface area contributed by atoms with Crippen molar-refractivity contribution in [1.82, 2.24) is 0 Å². The normalized spacial score (nSPS) is 12.4. The van der Waals surface area contributed by atoms with Gasteiger partial charge in [-0.25, -0.2) is 8.78 Å². The number of halogens is 3. The van der Waals surface area contributed by atoms with Crippen LogP contribution in [0.15, 0.2) is 46.9 Å². The van der Waals surface area contributed by atoms with Crippen molar-refractivity contribution in [1.29, 1.82) is 0 Å². The minimum atomic E-state index is -0.693. The molecule has 19 heavy (non-hydrogen) atoms. The van der Waals surface area contributed by atoms with E-state index in [0.717, 1.165) is 5.56 Å². The van der Waals surface area contributed by atoms with Crippen LogP contribution in [-0.2, 0) is 12.8 Å². The van der Waals surface area contributed by atoms with Crippen molar-refractivity contribution in [3.63, 3.8) is 0 Å². The molecule has 0 amide bonds. The number of benzene rings is 2. The summed E-state index contributed by atoms with van der Waals surface area (Å²) < 4.78 is 27.0. The zero-order chi connectivity index (χ0) is 13.8. The van der Waals surface area contributed by atoms with Crippen LogP contribution < -0.4 is 0 Å². The Morgan fingerprint density at radius 2 is 1.68 bits per heavy atom. The van der Waals surface area contributed by atoms with Crippen LogP contribution in [-0.4, -0.2) is 11.2 Å². The van der Waals surface area contributed by atoms with Crippen LogP contribution in [0.3, 0.4) is 0 Å². The van der Waals surface area contributed by atoms with E-state index in [1.54, 1.807) is 24.3 Å². The molecule has 0 aliphatic rings. The van der Waals surface area contributed by atoms with Crippen LogP contribution in [0, 0.1) is 11.6 Å². The quantitative estimate of drug-likeness (QED) is 0.904. The lowest BCUT2D eigenvalue weighted by atomic mass is 10.0. The monoisotopic (exact) mass is 326 g/mol. The molecule has 1 atom stereocenters. The van der Waals surface area contributed by atoms with Crippen molar-refractivity contribution in [2.24, 2.45) is 0 Å². The van der Waals surface area contributed by atoms with E-state index in [1.165, 1.54) is 18.2 Å². The van der Waals surface area contributed by atoms with Gasteiger partial charge < -0.3 is 5.11 Å². The topological polar surface area (TPSA) is 20.2 Å².